The molecule has 9 nitrogen and oxygen atoms in total. The maximum atomic E-state index is 13.8. The van der Waals surface area contributed by atoms with Gasteiger partial charge in [0.25, 0.3) is 11.5 Å². The van der Waals surface area contributed by atoms with Crippen molar-refractivity contribution in [3.63, 3.8) is 0 Å². The molecule has 0 radical (unpaired) electrons. The maximum Gasteiger partial charge on any atom is 0.269 e. The molecular weight excluding hydrogens is 439 g/mol. The minimum absolute atomic E-state index is 0.0144. The van der Waals surface area contributed by atoms with Gasteiger partial charge in [0.15, 0.2) is 18.2 Å². The third-order valence-corrected chi connectivity index (χ3v) is 6.68. The normalized spacial score (nSPS) is 20.9. The number of carbonyl (C=O) groups is 1. The van der Waals surface area contributed by atoms with E-state index in [-0.39, 0.29) is 30.0 Å². The van der Waals surface area contributed by atoms with Crippen molar-refractivity contribution in [1.82, 2.24) is 19.9 Å². The zero-order valence-electron chi connectivity index (χ0n) is 18.7. The topological polar surface area (TPSA) is 124 Å². The molecule has 0 unspecified atom stereocenters. The third kappa shape index (κ3) is 4.78. The number of benzene rings is 1. The van der Waals surface area contributed by atoms with Crippen molar-refractivity contribution in [1.29, 1.82) is 0 Å². The zero-order chi connectivity index (χ0) is 23.7. The van der Waals surface area contributed by atoms with Gasteiger partial charge in [0.1, 0.15) is 5.82 Å². The van der Waals surface area contributed by atoms with Crippen LogP contribution < -0.4 is 26.7 Å². The highest BCUT2D eigenvalue weighted by atomic mass is 19.1. The predicted molar refractivity (Wildman–Crippen MR) is 125 cm³/mol. The minimum Gasteiger partial charge on any atom is -0.480 e. The van der Waals surface area contributed by atoms with Crippen molar-refractivity contribution in [3.05, 3.63) is 58.4 Å². The Labute approximate surface area is 195 Å². The highest BCUT2D eigenvalue weighted by molar-refractivity contribution is 5.94. The summed E-state index contributed by atoms with van der Waals surface area (Å²) in [7, 11) is 0. The summed E-state index contributed by atoms with van der Waals surface area (Å²) in [5.41, 5.74) is 8.11. The average Bonchev–Trinajstić information content (AvgIpc) is 2.84. The second-order valence-electron chi connectivity index (χ2n) is 8.98. The zero-order valence-corrected chi connectivity index (χ0v) is 18.7. The molecule has 1 saturated carbocycles. The molecule has 1 fully saturated rings. The van der Waals surface area contributed by atoms with E-state index in [2.05, 4.69) is 20.6 Å². The van der Waals surface area contributed by atoms with Crippen molar-refractivity contribution in [3.8, 4) is 5.75 Å². The predicted octanol–water partition coefficient (Wildman–Crippen LogP) is 1.94. The Hall–Kier alpha value is -3.37. The second-order valence-corrected chi connectivity index (χ2v) is 8.98. The van der Waals surface area contributed by atoms with Crippen LogP contribution in [0.5, 0.6) is 5.75 Å². The van der Waals surface area contributed by atoms with Gasteiger partial charge in [0.2, 0.25) is 0 Å². The minimum atomic E-state index is -0.405. The van der Waals surface area contributed by atoms with Gasteiger partial charge >= 0.3 is 0 Å². The molecule has 4 N–H and O–H groups in total. The highest BCUT2D eigenvalue weighted by Gasteiger charge is 2.26. The molecular formula is C24H27FN6O3. The molecule has 10 heteroatoms. The smallest absolute Gasteiger partial charge is 0.269 e. The molecule has 0 bridgehead atoms. The lowest BCUT2D eigenvalue weighted by atomic mass is 9.81. The monoisotopic (exact) mass is 466 g/mol. The fourth-order valence-corrected chi connectivity index (χ4v) is 4.79. The number of nitrogens with zero attached hydrogens (tertiary/aromatic N) is 3. The van der Waals surface area contributed by atoms with Crippen LogP contribution in [0.2, 0.25) is 0 Å². The lowest BCUT2D eigenvalue weighted by Crippen LogP contribution is -2.42. The number of ether oxygens (including phenoxy) is 1. The average molecular weight is 467 g/mol. The van der Waals surface area contributed by atoms with E-state index in [0.29, 0.717) is 41.7 Å². The fraction of sp³-hybridized carbons (Fsp3) is 0.417. The Morgan fingerprint density at radius 3 is 2.85 bits per heavy atom. The van der Waals surface area contributed by atoms with E-state index >= 15 is 0 Å². The van der Waals surface area contributed by atoms with Crippen molar-refractivity contribution in [2.45, 2.75) is 50.9 Å². The number of anilines is 1. The Morgan fingerprint density at radius 2 is 2.03 bits per heavy atom. The number of fused-ring (bicyclic) bond motifs is 2. The van der Waals surface area contributed by atoms with Crippen LogP contribution in [-0.4, -0.2) is 39.1 Å². The standard InChI is InChI=1S/C24H27FN6O3/c25-15-3-7-19-20(9-15)31(23(33)11-28-19)12-18(26)14-1-4-16(5-2-14)27-10-17-6-8-21-24(29-17)30-22(32)13-34-21/h3,6-9,11,14,16,18,27H,1-2,4-5,10,12-13,26H2,(H,29,30,32)/t14-,16-,18-/m1/s1. The number of hydrogen-bond acceptors (Lipinski definition) is 7. The van der Waals surface area contributed by atoms with Crippen LogP contribution in [0.4, 0.5) is 10.2 Å². The van der Waals surface area contributed by atoms with Gasteiger partial charge in [0.05, 0.1) is 22.9 Å². The number of nitrogens with two attached hydrogens (primary N) is 1. The van der Waals surface area contributed by atoms with Crippen LogP contribution in [-0.2, 0) is 17.9 Å². The summed E-state index contributed by atoms with van der Waals surface area (Å²) < 4.78 is 20.6. The molecule has 1 aromatic carbocycles. The number of amides is 1. The molecule has 178 valence electrons. The molecule has 5 rings (SSSR count). The van der Waals surface area contributed by atoms with Crippen LogP contribution in [0.3, 0.4) is 0 Å². The van der Waals surface area contributed by atoms with Crippen molar-refractivity contribution >= 4 is 22.8 Å². The van der Waals surface area contributed by atoms with E-state index in [1.54, 1.807) is 6.07 Å². The summed E-state index contributed by atoms with van der Waals surface area (Å²) in [4.78, 5) is 32.5. The number of halogens is 1. The number of nitrogens with one attached hydrogen (secondary N) is 2. The lowest BCUT2D eigenvalue weighted by Gasteiger charge is -2.33. The van der Waals surface area contributed by atoms with Crippen LogP contribution in [0, 0.1) is 11.7 Å². The van der Waals surface area contributed by atoms with Gasteiger partial charge in [-0.3, -0.25) is 9.59 Å². The van der Waals surface area contributed by atoms with Crippen molar-refractivity contribution in [2.24, 2.45) is 11.7 Å². The molecule has 0 saturated heterocycles. The van der Waals surface area contributed by atoms with Gasteiger partial charge in [0, 0.05) is 25.2 Å². The number of hydrogen-bond donors (Lipinski definition) is 3. The van der Waals surface area contributed by atoms with E-state index in [0.717, 1.165) is 31.4 Å². The maximum absolute atomic E-state index is 13.8. The van der Waals surface area contributed by atoms with Gasteiger partial charge in [-0.1, -0.05) is 0 Å². The molecule has 1 aliphatic heterocycles. The van der Waals surface area contributed by atoms with Crippen molar-refractivity contribution < 1.29 is 13.9 Å². The summed E-state index contributed by atoms with van der Waals surface area (Å²) in [5, 5.41) is 6.27. The van der Waals surface area contributed by atoms with Gasteiger partial charge < -0.3 is 25.7 Å². The number of pyridine rings is 1. The number of rotatable bonds is 6. The Kier molecular flexibility index (Phi) is 6.25. The van der Waals surface area contributed by atoms with Crippen LogP contribution in [0.1, 0.15) is 31.4 Å². The summed E-state index contributed by atoms with van der Waals surface area (Å²) >= 11 is 0. The third-order valence-electron chi connectivity index (χ3n) is 6.68. The van der Waals surface area contributed by atoms with Gasteiger partial charge in [-0.25, -0.2) is 14.4 Å². The van der Waals surface area contributed by atoms with E-state index in [4.69, 9.17) is 10.5 Å². The Morgan fingerprint density at radius 1 is 1.21 bits per heavy atom. The SMILES string of the molecule is N[C@H](Cn1c(=O)cnc2ccc(F)cc21)[C@H]1CC[C@H](NCc2ccc3c(n2)NC(=O)CO3)CC1. The molecule has 1 amide bonds. The largest absolute Gasteiger partial charge is 0.480 e. The highest BCUT2D eigenvalue weighted by Crippen LogP contribution is 2.28. The van der Waals surface area contributed by atoms with E-state index in [1.807, 2.05) is 12.1 Å². The number of aromatic nitrogens is 3. The van der Waals surface area contributed by atoms with Crippen molar-refractivity contribution in [2.75, 3.05) is 11.9 Å². The van der Waals surface area contributed by atoms with E-state index in [1.165, 1.54) is 22.9 Å². The first-order valence-corrected chi connectivity index (χ1v) is 11.5. The molecule has 3 heterocycles. The molecule has 1 aliphatic carbocycles. The lowest BCUT2D eigenvalue weighted by molar-refractivity contribution is -0.118. The summed E-state index contributed by atoms with van der Waals surface area (Å²) in [6, 6.07) is 8.09. The number of carbonyl (C=O) groups excluding carboxylic acids is 1. The summed E-state index contributed by atoms with van der Waals surface area (Å²) in [5.74, 6) is 0.714. The molecule has 0 spiro atoms. The second kappa shape index (κ2) is 9.47. The van der Waals surface area contributed by atoms with E-state index < -0.39 is 5.82 Å². The van der Waals surface area contributed by atoms with Gasteiger partial charge in [-0.15, -0.1) is 0 Å². The first-order valence-electron chi connectivity index (χ1n) is 11.5. The molecule has 2 aromatic heterocycles. The van der Waals surface area contributed by atoms with Crippen LogP contribution in [0.15, 0.2) is 41.3 Å². The van der Waals surface area contributed by atoms with E-state index in [9.17, 15) is 14.0 Å². The van der Waals surface area contributed by atoms with Crippen LogP contribution in [0.25, 0.3) is 11.0 Å². The van der Waals surface area contributed by atoms with Crippen LogP contribution >= 0.6 is 0 Å². The molecule has 3 aromatic rings. The Balaban J connectivity index is 1.16. The Bertz CT molecular complexity index is 1270. The molecule has 2 aliphatic rings. The molecule has 1 atom stereocenters. The quantitative estimate of drug-likeness (QED) is 0.507. The first-order chi connectivity index (χ1) is 16.5. The van der Waals surface area contributed by atoms with Gasteiger partial charge in [-0.2, -0.15) is 0 Å². The summed E-state index contributed by atoms with van der Waals surface area (Å²) in [6.07, 6.45) is 5.06. The summed E-state index contributed by atoms with van der Waals surface area (Å²) in [6.45, 7) is 0.936. The fourth-order valence-electron chi connectivity index (χ4n) is 4.79. The van der Waals surface area contributed by atoms with Gasteiger partial charge in [-0.05, 0) is 61.9 Å². The first kappa shape index (κ1) is 22.4. The molecule has 34 heavy (non-hydrogen) atoms.